The molecule has 0 fully saturated rings. The molecule has 0 aliphatic rings. The molecule has 0 aromatic heterocycles. The summed E-state index contributed by atoms with van der Waals surface area (Å²) >= 11 is 5.92. The van der Waals surface area contributed by atoms with E-state index in [0.717, 1.165) is 0 Å². The Hall–Kier alpha value is -2.60. The monoisotopic (exact) mass is 307 g/mol. The maximum atomic E-state index is 10.8. The van der Waals surface area contributed by atoms with Gasteiger partial charge in [0.25, 0.3) is 5.69 Å². The summed E-state index contributed by atoms with van der Waals surface area (Å²) < 4.78 is 5.44. The normalized spacial score (nSPS) is 10.1. The number of carbonyl (C=O) groups is 1. The zero-order chi connectivity index (χ0) is 15.4. The topological polar surface area (TPSA) is 89.7 Å². The minimum Gasteiger partial charge on any atom is -0.487 e. The van der Waals surface area contributed by atoms with Crippen molar-refractivity contribution in [2.24, 2.45) is 0 Å². The summed E-state index contributed by atoms with van der Waals surface area (Å²) in [5, 5.41) is 19.7. The third kappa shape index (κ3) is 3.70. The second kappa shape index (κ2) is 6.23. The van der Waals surface area contributed by atoms with Crippen LogP contribution >= 0.6 is 11.6 Å². The summed E-state index contributed by atoms with van der Waals surface area (Å²) in [7, 11) is 0. The van der Waals surface area contributed by atoms with Crippen LogP contribution in [-0.2, 0) is 6.61 Å². The summed E-state index contributed by atoms with van der Waals surface area (Å²) in [6, 6.07) is 10.1. The summed E-state index contributed by atoms with van der Waals surface area (Å²) in [5.41, 5.74) is 0.647. The summed E-state index contributed by atoms with van der Waals surface area (Å²) in [6.07, 6.45) is 0. The molecule has 108 valence electrons. The van der Waals surface area contributed by atoms with E-state index in [9.17, 15) is 14.9 Å². The number of carboxylic acid groups (broad SMARTS) is 1. The van der Waals surface area contributed by atoms with E-state index >= 15 is 0 Å². The van der Waals surface area contributed by atoms with Crippen molar-refractivity contribution >= 4 is 23.3 Å². The molecule has 0 aliphatic carbocycles. The van der Waals surface area contributed by atoms with Gasteiger partial charge in [-0.25, -0.2) is 4.79 Å². The SMILES string of the molecule is O=C(O)c1ccc(OCc2cccc([N+](=O)[O-])c2)c(Cl)c1. The Kier molecular flexibility index (Phi) is 4.39. The second-order valence-electron chi connectivity index (χ2n) is 4.17. The first-order chi connectivity index (χ1) is 9.97. The van der Waals surface area contributed by atoms with Crippen molar-refractivity contribution in [3.05, 3.63) is 68.7 Å². The largest absolute Gasteiger partial charge is 0.487 e. The molecule has 7 heteroatoms. The molecule has 0 aliphatic heterocycles. The van der Waals surface area contributed by atoms with Crippen LogP contribution < -0.4 is 4.74 Å². The Balaban J connectivity index is 2.11. The predicted octanol–water partition coefficient (Wildman–Crippen LogP) is 3.53. The highest BCUT2D eigenvalue weighted by Gasteiger charge is 2.09. The highest BCUT2D eigenvalue weighted by molar-refractivity contribution is 6.32. The molecule has 0 spiro atoms. The van der Waals surface area contributed by atoms with Gasteiger partial charge >= 0.3 is 5.97 Å². The van der Waals surface area contributed by atoms with Crippen molar-refractivity contribution in [2.75, 3.05) is 0 Å². The van der Waals surface area contributed by atoms with Gasteiger partial charge in [0.15, 0.2) is 0 Å². The number of hydrogen-bond donors (Lipinski definition) is 1. The van der Waals surface area contributed by atoms with Crippen LogP contribution in [-0.4, -0.2) is 16.0 Å². The van der Waals surface area contributed by atoms with E-state index in [1.807, 2.05) is 0 Å². The molecule has 0 unspecified atom stereocenters. The fourth-order valence-electron chi connectivity index (χ4n) is 1.67. The van der Waals surface area contributed by atoms with Gasteiger partial charge in [0.2, 0.25) is 0 Å². The quantitative estimate of drug-likeness (QED) is 0.674. The highest BCUT2D eigenvalue weighted by atomic mass is 35.5. The number of nitro groups is 1. The van der Waals surface area contributed by atoms with Gasteiger partial charge in [-0.15, -0.1) is 0 Å². The molecule has 2 aromatic carbocycles. The minimum atomic E-state index is -1.08. The van der Waals surface area contributed by atoms with Gasteiger partial charge in [0, 0.05) is 12.1 Å². The molecule has 1 N–H and O–H groups in total. The molecule has 0 atom stereocenters. The lowest BCUT2D eigenvalue weighted by molar-refractivity contribution is -0.384. The molecule has 0 saturated carbocycles. The molecule has 0 amide bonds. The van der Waals surface area contributed by atoms with Crippen LogP contribution in [0.1, 0.15) is 15.9 Å². The maximum Gasteiger partial charge on any atom is 0.335 e. The molecule has 0 bridgehead atoms. The first-order valence-electron chi connectivity index (χ1n) is 5.86. The number of nitrogens with zero attached hydrogens (tertiary/aromatic N) is 1. The summed E-state index contributed by atoms with van der Waals surface area (Å²) in [6.45, 7) is 0.0911. The molecule has 0 radical (unpaired) electrons. The van der Waals surface area contributed by atoms with Crippen LogP contribution in [0.5, 0.6) is 5.75 Å². The second-order valence-corrected chi connectivity index (χ2v) is 4.57. The zero-order valence-corrected chi connectivity index (χ0v) is 11.4. The lowest BCUT2D eigenvalue weighted by Crippen LogP contribution is -1.99. The fraction of sp³-hybridized carbons (Fsp3) is 0.0714. The number of hydrogen-bond acceptors (Lipinski definition) is 4. The third-order valence-electron chi connectivity index (χ3n) is 2.69. The van der Waals surface area contributed by atoms with Crippen molar-refractivity contribution in [1.29, 1.82) is 0 Å². The van der Waals surface area contributed by atoms with E-state index in [4.69, 9.17) is 21.4 Å². The Morgan fingerprint density at radius 3 is 2.67 bits per heavy atom. The van der Waals surface area contributed by atoms with E-state index in [1.54, 1.807) is 12.1 Å². The number of rotatable bonds is 5. The number of halogens is 1. The number of ether oxygens (including phenoxy) is 1. The molecule has 0 heterocycles. The van der Waals surface area contributed by atoms with Crippen LogP contribution in [0.2, 0.25) is 5.02 Å². The van der Waals surface area contributed by atoms with Crippen molar-refractivity contribution < 1.29 is 19.6 Å². The standard InChI is InChI=1S/C14H10ClNO5/c15-12-7-10(14(17)18)4-5-13(12)21-8-9-2-1-3-11(6-9)16(19)20/h1-7H,8H2,(H,17,18). The van der Waals surface area contributed by atoms with Gasteiger partial charge in [-0.05, 0) is 23.8 Å². The Labute approximate surface area is 124 Å². The van der Waals surface area contributed by atoms with Crippen molar-refractivity contribution in [1.82, 2.24) is 0 Å². The van der Waals surface area contributed by atoms with E-state index in [0.29, 0.717) is 11.3 Å². The van der Waals surface area contributed by atoms with E-state index < -0.39 is 10.9 Å². The number of benzene rings is 2. The Bertz CT molecular complexity index is 702. The summed E-state index contributed by atoms with van der Waals surface area (Å²) in [5.74, 6) is -0.768. The van der Waals surface area contributed by atoms with Gasteiger partial charge in [-0.3, -0.25) is 10.1 Å². The molecule has 21 heavy (non-hydrogen) atoms. The number of nitro benzene ring substituents is 1. The first kappa shape index (κ1) is 14.8. The van der Waals surface area contributed by atoms with Crippen molar-refractivity contribution in [3.8, 4) is 5.75 Å². The van der Waals surface area contributed by atoms with Gasteiger partial charge in [-0.1, -0.05) is 23.7 Å². The predicted molar refractivity (Wildman–Crippen MR) is 75.8 cm³/mol. The molecule has 0 saturated heterocycles. The fourth-order valence-corrected chi connectivity index (χ4v) is 1.91. The third-order valence-corrected chi connectivity index (χ3v) is 2.99. The van der Waals surface area contributed by atoms with Crippen LogP contribution in [0.3, 0.4) is 0 Å². The Morgan fingerprint density at radius 2 is 2.05 bits per heavy atom. The lowest BCUT2D eigenvalue weighted by Gasteiger charge is -2.08. The molecule has 2 aromatic rings. The van der Waals surface area contributed by atoms with Crippen LogP contribution in [0.25, 0.3) is 0 Å². The Morgan fingerprint density at radius 1 is 1.29 bits per heavy atom. The average molecular weight is 308 g/mol. The minimum absolute atomic E-state index is 0.0246. The van der Waals surface area contributed by atoms with E-state index in [2.05, 4.69) is 0 Å². The smallest absolute Gasteiger partial charge is 0.335 e. The summed E-state index contributed by atoms with van der Waals surface area (Å²) in [4.78, 5) is 21.0. The van der Waals surface area contributed by atoms with Gasteiger partial charge in [0.05, 0.1) is 15.5 Å². The highest BCUT2D eigenvalue weighted by Crippen LogP contribution is 2.26. The number of carboxylic acids is 1. The molecule has 2 rings (SSSR count). The van der Waals surface area contributed by atoms with E-state index in [-0.39, 0.29) is 22.9 Å². The molecular formula is C14H10ClNO5. The van der Waals surface area contributed by atoms with Crippen LogP contribution in [0.4, 0.5) is 5.69 Å². The maximum absolute atomic E-state index is 10.8. The first-order valence-corrected chi connectivity index (χ1v) is 6.24. The van der Waals surface area contributed by atoms with Crippen molar-refractivity contribution in [3.63, 3.8) is 0 Å². The average Bonchev–Trinajstić information content (AvgIpc) is 2.46. The van der Waals surface area contributed by atoms with Crippen LogP contribution in [0, 0.1) is 10.1 Å². The van der Waals surface area contributed by atoms with Gasteiger partial charge in [-0.2, -0.15) is 0 Å². The zero-order valence-electron chi connectivity index (χ0n) is 10.7. The molecular weight excluding hydrogens is 298 g/mol. The number of aromatic carboxylic acids is 1. The van der Waals surface area contributed by atoms with Crippen LogP contribution in [0.15, 0.2) is 42.5 Å². The molecule has 6 nitrogen and oxygen atoms in total. The number of non-ortho nitro benzene ring substituents is 1. The lowest BCUT2D eigenvalue weighted by atomic mass is 10.2. The van der Waals surface area contributed by atoms with Crippen molar-refractivity contribution in [2.45, 2.75) is 6.61 Å². The van der Waals surface area contributed by atoms with E-state index in [1.165, 1.54) is 30.3 Å². The van der Waals surface area contributed by atoms with Gasteiger partial charge in [0.1, 0.15) is 12.4 Å². The van der Waals surface area contributed by atoms with Gasteiger partial charge < -0.3 is 9.84 Å².